The van der Waals surface area contributed by atoms with Crippen molar-refractivity contribution in [3.8, 4) is 34.3 Å². The molecular weight excluding hydrogens is 526 g/mol. The topological polar surface area (TPSA) is 135 Å². The van der Waals surface area contributed by atoms with Gasteiger partial charge in [0.15, 0.2) is 16.4 Å². The third-order valence-electron chi connectivity index (χ3n) is 6.30. The van der Waals surface area contributed by atoms with Gasteiger partial charge in [-0.05, 0) is 60.1 Å². The summed E-state index contributed by atoms with van der Waals surface area (Å²) < 4.78 is 51.8. The molecule has 5 rings (SSSR count). The van der Waals surface area contributed by atoms with Gasteiger partial charge in [0.25, 0.3) is 11.8 Å². The second-order valence-corrected chi connectivity index (χ2v) is 11.0. The smallest absolute Gasteiger partial charge is 0.270 e. The zero-order valence-corrected chi connectivity index (χ0v) is 22.1. The molecule has 0 saturated carbocycles. The van der Waals surface area contributed by atoms with Gasteiger partial charge in [-0.15, -0.1) is 10.2 Å². The highest BCUT2D eigenvalue weighted by atomic mass is 32.2. The van der Waals surface area contributed by atoms with Crippen LogP contribution in [-0.4, -0.2) is 55.9 Å². The molecule has 0 amide bonds. The number of halogens is 2. The first kappa shape index (κ1) is 27.1. The molecule has 2 atom stereocenters. The Hall–Kier alpha value is -3.45. The predicted octanol–water partition coefficient (Wildman–Crippen LogP) is 4.32. The van der Waals surface area contributed by atoms with E-state index in [1.807, 2.05) is 24.3 Å². The lowest BCUT2D eigenvalue weighted by Crippen LogP contribution is -2.28. The van der Waals surface area contributed by atoms with Crippen LogP contribution in [0.15, 0.2) is 58.0 Å². The highest BCUT2D eigenvalue weighted by Crippen LogP contribution is 2.30. The van der Waals surface area contributed by atoms with Gasteiger partial charge in [0, 0.05) is 31.5 Å². The summed E-state index contributed by atoms with van der Waals surface area (Å²) in [6.07, 6.45) is 2.08. The Morgan fingerprint density at radius 2 is 1.87 bits per heavy atom. The van der Waals surface area contributed by atoms with Gasteiger partial charge in [0.05, 0.1) is 30.7 Å². The quantitative estimate of drug-likeness (QED) is 0.290. The molecule has 9 nitrogen and oxygen atoms in total. The summed E-state index contributed by atoms with van der Waals surface area (Å²) in [5.41, 5.74) is 8.24. The number of aromatic nitrogens is 4. The number of nitrogens with two attached hydrogens (primary N) is 1. The van der Waals surface area contributed by atoms with Crippen LogP contribution in [0.3, 0.4) is 0 Å². The summed E-state index contributed by atoms with van der Waals surface area (Å²) in [6, 6.07) is 11.9. The van der Waals surface area contributed by atoms with Gasteiger partial charge < -0.3 is 24.8 Å². The first-order valence-electron chi connectivity index (χ1n) is 12.6. The van der Waals surface area contributed by atoms with E-state index in [9.17, 15) is 13.3 Å². The number of rotatable bonds is 9. The Morgan fingerprint density at radius 1 is 1.13 bits per heavy atom. The average Bonchev–Trinajstić information content (AvgIpc) is 3.43. The molecule has 204 valence electrons. The molecule has 3 N–H and O–H groups in total. The van der Waals surface area contributed by atoms with E-state index in [1.165, 1.54) is 25.3 Å². The summed E-state index contributed by atoms with van der Waals surface area (Å²) in [5.74, 6) is -0.513. The first-order valence-corrected chi connectivity index (χ1v) is 13.8. The maximum atomic E-state index is 14.8. The molecule has 12 heteroatoms. The summed E-state index contributed by atoms with van der Waals surface area (Å²) in [5, 5.41) is 11.0. The van der Waals surface area contributed by atoms with Gasteiger partial charge in [-0.25, -0.2) is 18.7 Å². The largest absolute Gasteiger partial charge is 0.611 e. The van der Waals surface area contributed by atoms with Gasteiger partial charge >= 0.3 is 0 Å². The number of benzene rings is 2. The van der Waals surface area contributed by atoms with Crippen LogP contribution >= 0.6 is 0 Å². The molecule has 2 aromatic heterocycles. The first-order chi connectivity index (χ1) is 18.9. The summed E-state index contributed by atoms with van der Waals surface area (Å²) in [4.78, 5) is 9.53. The molecule has 0 radical (unpaired) electrons. The third kappa shape index (κ3) is 6.41. The average molecular weight is 555 g/mol. The molecule has 1 aliphatic rings. The van der Waals surface area contributed by atoms with Crippen LogP contribution in [0.4, 0.5) is 14.6 Å². The number of hydrogen-bond acceptors (Lipinski definition) is 9. The van der Waals surface area contributed by atoms with Crippen LogP contribution in [0.25, 0.3) is 34.3 Å². The van der Waals surface area contributed by atoms with Crippen molar-refractivity contribution in [2.45, 2.75) is 42.6 Å². The number of nitrogen functional groups attached to an aromatic ring is 1. The zero-order chi connectivity index (χ0) is 27.4. The van der Waals surface area contributed by atoms with Gasteiger partial charge in [-0.1, -0.05) is 6.07 Å². The maximum absolute atomic E-state index is 14.8. The van der Waals surface area contributed by atoms with Crippen LogP contribution in [-0.2, 0) is 22.5 Å². The van der Waals surface area contributed by atoms with E-state index < -0.39 is 23.2 Å². The molecule has 0 bridgehead atoms. The standard InChI is InChI=1S/C27H28F2N6O3S/c1-16(28)13-31-14-17-2-7-21(22(29)12-17)26-34-35-27(38-26)24-25(30)32-15-23(33-24)18-3-5-19(6-4-18)39(36)20-8-10-37-11-9-20/h2-7,12,15-16,20,31H,8-11,13-14H2,1H3,(H2,30,32). The minimum atomic E-state index is -1.11. The monoisotopic (exact) mass is 554 g/mol. The van der Waals surface area contributed by atoms with Crippen LogP contribution in [0, 0.1) is 5.82 Å². The summed E-state index contributed by atoms with van der Waals surface area (Å²) >= 11 is -1.11. The number of hydrogen-bond donors (Lipinski definition) is 2. The van der Waals surface area contributed by atoms with Crippen molar-refractivity contribution < 1.29 is 22.5 Å². The van der Waals surface area contributed by atoms with Crippen molar-refractivity contribution in [2.24, 2.45) is 0 Å². The number of nitrogens with zero attached hydrogens (tertiary/aromatic N) is 4. The Labute approximate surface area is 227 Å². The van der Waals surface area contributed by atoms with Gasteiger partial charge in [-0.3, -0.25) is 0 Å². The van der Waals surface area contributed by atoms with E-state index in [0.717, 1.165) is 23.3 Å². The molecule has 1 saturated heterocycles. The zero-order valence-electron chi connectivity index (χ0n) is 21.3. The van der Waals surface area contributed by atoms with E-state index >= 15 is 0 Å². The molecule has 3 heterocycles. The van der Waals surface area contributed by atoms with Gasteiger partial charge in [0.2, 0.25) is 0 Å². The molecule has 4 aromatic rings. The molecule has 0 spiro atoms. The highest BCUT2D eigenvalue weighted by Gasteiger charge is 2.27. The maximum Gasteiger partial charge on any atom is 0.270 e. The number of nitrogens with one attached hydrogen (secondary N) is 1. The van der Waals surface area contributed by atoms with E-state index in [0.29, 0.717) is 31.0 Å². The van der Waals surface area contributed by atoms with Crippen molar-refractivity contribution in [1.82, 2.24) is 25.5 Å². The Balaban J connectivity index is 1.33. The van der Waals surface area contributed by atoms with Gasteiger partial charge in [0.1, 0.15) is 17.2 Å². The molecule has 39 heavy (non-hydrogen) atoms. The van der Waals surface area contributed by atoms with Crippen LogP contribution in [0.5, 0.6) is 0 Å². The lowest BCUT2D eigenvalue weighted by molar-refractivity contribution is 0.0983. The van der Waals surface area contributed by atoms with E-state index in [4.69, 9.17) is 14.9 Å². The van der Waals surface area contributed by atoms with Crippen molar-refractivity contribution in [1.29, 1.82) is 0 Å². The van der Waals surface area contributed by atoms with Crippen molar-refractivity contribution in [2.75, 3.05) is 25.5 Å². The fourth-order valence-corrected chi connectivity index (χ4v) is 5.63. The minimum Gasteiger partial charge on any atom is -0.611 e. The van der Waals surface area contributed by atoms with E-state index in [-0.39, 0.29) is 40.7 Å². The summed E-state index contributed by atoms with van der Waals surface area (Å²) in [6.45, 7) is 3.22. The second kappa shape index (κ2) is 12.2. The molecule has 2 unspecified atom stereocenters. The van der Waals surface area contributed by atoms with Crippen molar-refractivity contribution in [3.05, 3.63) is 60.0 Å². The fraction of sp³-hybridized carbons (Fsp3) is 0.333. The normalized spacial score (nSPS) is 15.8. The Kier molecular flexibility index (Phi) is 8.46. The van der Waals surface area contributed by atoms with Crippen molar-refractivity contribution in [3.63, 3.8) is 0 Å². The number of alkyl halides is 1. The number of ether oxygens (including phenoxy) is 1. The lowest BCUT2D eigenvalue weighted by Gasteiger charge is -2.24. The second-order valence-electron chi connectivity index (χ2n) is 9.26. The lowest BCUT2D eigenvalue weighted by atomic mass is 10.1. The molecule has 1 aliphatic heterocycles. The molecule has 0 aliphatic carbocycles. The fourth-order valence-electron chi connectivity index (χ4n) is 4.22. The molecule has 2 aromatic carbocycles. The van der Waals surface area contributed by atoms with Crippen molar-refractivity contribution >= 4 is 17.0 Å². The highest BCUT2D eigenvalue weighted by molar-refractivity contribution is 7.92. The molecular formula is C27H28F2N6O3S. The van der Waals surface area contributed by atoms with E-state index in [2.05, 4.69) is 25.5 Å². The predicted molar refractivity (Wildman–Crippen MR) is 143 cm³/mol. The SMILES string of the molecule is CC(F)CNCc1ccc(-c2nnc(-c3nc(-c4ccc([S+]([O-])C5CCOCC5)cc4)cnc3N)o2)c(F)c1. The van der Waals surface area contributed by atoms with Crippen LogP contribution in [0.2, 0.25) is 0 Å². The minimum absolute atomic E-state index is 0.00355. The van der Waals surface area contributed by atoms with Crippen LogP contribution in [0.1, 0.15) is 25.3 Å². The number of anilines is 1. The van der Waals surface area contributed by atoms with E-state index in [1.54, 1.807) is 6.07 Å². The van der Waals surface area contributed by atoms with Gasteiger partial charge in [-0.2, -0.15) is 0 Å². The Morgan fingerprint density at radius 3 is 2.59 bits per heavy atom. The third-order valence-corrected chi connectivity index (χ3v) is 8.11. The Bertz CT molecular complexity index is 1410. The van der Waals surface area contributed by atoms with Crippen LogP contribution < -0.4 is 11.1 Å². The summed E-state index contributed by atoms with van der Waals surface area (Å²) in [7, 11) is 0. The molecule has 1 fully saturated rings.